The van der Waals surface area contributed by atoms with E-state index in [1.807, 2.05) is 6.07 Å². The molecule has 0 spiro atoms. The summed E-state index contributed by atoms with van der Waals surface area (Å²) in [5.41, 5.74) is 2.37. The highest BCUT2D eigenvalue weighted by Gasteiger charge is 2.28. The van der Waals surface area contributed by atoms with E-state index in [-0.39, 0.29) is 5.60 Å². The first kappa shape index (κ1) is 13.9. The fraction of sp³-hybridized carbons (Fsp3) is 0.600. The summed E-state index contributed by atoms with van der Waals surface area (Å²) < 4.78 is 5.72. The van der Waals surface area contributed by atoms with Gasteiger partial charge in [0.05, 0.1) is 5.60 Å². The third kappa shape index (κ3) is 3.71. The Morgan fingerprint density at radius 1 is 1.44 bits per heavy atom. The first-order valence-electron chi connectivity index (χ1n) is 6.59. The summed E-state index contributed by atoms with van der Waals surface area (Å²) in [7, 11) is 0. The molecule has 0 radical (unpaired) electrons. The molecule has 2 rings (SSSR count). The van der Waals surface area contributed by atoms with Crippen molar-refractivity contribution in [2.24, 2.45) is 0 Å². The lowest BCUT2D eigenvalue weighted by molar-refractivity contribution is -0.0630. The van der Waals surface area contributed by atoms with Gasteiger partial charge in [0.25, 0.3) is 0 Å². The fourth-order valence-corrected chi connectivity index (χ4v) is 2.76. The lowest BCUT2D eigenvalue weighted by Crippen LogP contribution is -2.43. The minimum atomic E-state index is -0.00696. The topological polar surface area (TPSA) is 21.3 Å². The van der Waals surface area contributed by atoms with Gasteiger partial charge >= 0.3 is 0 Å². The Balaban J connectivity index is 1.91. The van der Waals surface area contributed by atoms with Crippen LogP contribution in [0.2, 0.25) is 5.02 Å². The van der Waals surface area contributed by atoms with Crippen LogP contribution in [0.3, 0.4) is 0 Å². The summed E-state index contributed by atoms with van der Waals surface area (Å²) in [5.74, 6) is 0. The van der Waals surface area contributed by atoms with Gasteiger partial charge in [-0.15, -0.1) is 0 Å². The van der Waals surface area contributed by atoms with Crippen LogP contribution in [-0.4, -0.2) is 18.2 Å². The van der Waals surface area contributed by atoms with E-state index in [0.29, 0.717) is 6.04 Å². The Morgan fingerprint density at radius 3 is 2.89 bits per heavy atom. The zero-order valence-corrected chi connectivity index (χ0v) is 12.2. The molecule has 0 aromatic heterocycles. The second-order valence-corrected chi connectivity index (χ2v) is 6.18. The quantitative estimate of drug-likeness (QED) is 0.902. The molecule has 2 nitrogen and oxygen atoms in total. The third-order valence-corrected chi connectivity index (χ3v) is 3.84. The molecule has 18 heavy (non-hydrogen) atoms. The zero-order chi connectivity index (χ0) is 13.2. The molecule has 1 aliphatic heterocycles. The van der Waals surface area contributed by atoms with Crippen molar-refractivity contribution >= 4 is 11.6 Å². The van der Waals surface area contributed by atoms with Crippen molar-refractivity contribution in [3.8, 4) is 0 Å². The molecular weight excluding hydrogens is 246 g/mol. The molecule has 1 unspecified atom stereocenters. The van der Waals surface area contributed by atoms with Crippen LogP contribution >= 0.6 is 11.6 Å². The molecule has 0 amide bonds. The Bertz CT molecular complexity index is 417. The van der Waals surface area contributed by atoms with Gasteiger partial charge in [-0.3, -0.25) is 0 Å². The number of halogens is 1. The molecule has 0 aliphatic carbocycles. The molecule has 3 heteroatoms. The molecule has 0 bridgehead atoms. The Labute approximate surface area is 115 Å². The highest BCUT2D eigenvalue weighted by atomic mass is 35.5. The van der Waals surface area contributed by atoms with E-state index in [0.717, 1.165) is 31.0 Å². The largest absolute Gasteiger partial charge is 0.375 e. The van der Waals surface area contributed by atoms with Gasteiger partial charge in [0.2, 0.25) is 0 Å². The second kappa shape index (κ2) is 5.60. The highest BCUT2D eigenvalue weighted by Crippen LogP contribution is 2.24. The summed E-state index contributed by atoms with van der Waals surface area (Å²) in [4.78, 5) is 0. The molecule has 0 saturated carbocycles. The number of benzene rings is 1. The van der Waals surface area contributed by atoms with Crippen molar-refractivity contribution in [2.75, 3.05) is 6.61 Å². The predicted molar refractivity (Wildman–Crippen MR) is 76.1 cm³/mol. The second-order valence-electron chi connectivity index (χ2n) is 5.77. The van der Waals surface area contributed by atoms with E-state index in [4.69, 9.17) is 16.3 Å². The maximum atomic E-state index is 6.24. The number of nitrogens with one attached hydrogen (secondary N) is 1. The van der Waals surface area contributed by atoms with Crippen molar-refractivity contribution in [2.45, 2.75) is 51.8 Å². The van der Waals surface area contributed by atoms with Crippen LogP contribution in [0, 0.1) is 6.92 Å². The maximum Gasteiger partial charge on any atom is 0.0641 e. The normalized spacial score (nSPS) is 23.0. The maximum absolute atomic E-state index is 6.24. The van der Waals surface area contributed by atoms with Gasteiger partial charge in [-0.2, -0.15) is 0 Å². The molecule has 1 atom stereocenters. The monoisotopic (exact) mass is 267 g/mol. The molecule has 1 N–H and O–H groups in total. The Hall–Kier alpha value is -0.570. The van der Waals surface area contributed by atoms with Crippen LogP contribution in [0.15, 0.2) is 18.2 Å². The molecule has 1 heterocycles. The van der Waals surface area contributed by atoms with Crippen LogP contribution in [-0.2, 0) is 11.3 Å². The van der Waals surface area contributed by atoms with Crippen molar-refractivity contribution in [1.82, 2.24) is 5.32 Å². The van der Waals surface area contributed by atoms with E-state index in [2.05, 4.69) is 38.2 Å². The Morgan fingerprint density at radius 2 is 2.22 bits per heavy atom. The summed E-state index contributed by atoms with van der Waals surface area (Å²) in [6.07, 6.45) is 2.13. The molecule has 1 aliphatic rings. The molecule has 1 saturated heterocycles. The smallest absolute Gasteiger partial charge is 0.0641 e. The summed E-state index contributed by atoms with van der Waals surface area (Å²) in [6.45, 7) is 8.04. The zero-order valence-electron chi connectivity index (χ0n) is 11.4. The van der Waals surface area contributed by atoms with Gasteiger partial charge < -0.3 is 10.1 Å². The first-order chi connectivity index (χ1) is 8.46. The number of rotatable bonds is 3. The van der Waals surface area contributed by atoms with Gasteiger partial charge in [-0.1, -0.05) is 23.7 Å². The van der Waals surface area contributed by atoms with E-state index < -0.39 is 0 Å². The van der Waals surface area contributed by atoms with Crippen molar-refractivity contribution in [3.05, 3.63) is 34.3 Å². The van der Waals surface area contributed by atoms with E-state index in [9.17, 15) is 0 Å². The van der Waals surface area contributed by atoms with Gasteiger partial charge in [-0.25, -0.2) is 0 Å². The predicted octanol–water partition coefficient (Wildman–Crippen LogP) is 3.70. The Kier molecular flexibility index (Phi) is 4.31. The molecule has 1 aromatic carbocycles. The lowest BCUT2D eigenvalue weighted by atomic mass is 9.94. The average Bonchev–Trinajstić information content (AvgIpc) is 2.26. The molecule has 100 valence electrons. The minimum absolute atomic E-state index is 0.00696. The number of ether oxygens (including phenoxy) is 1. The van der Waals surface area contributed by atoms with Gasteiger partial charge in [0.1, 0.15) is 0 Å². The van der Waals surface area contributed by atoms with Crippen molar-refractivity contribution in [1.29, 1.82) is 0 Å². The summed E-state index contributed by atoms with van der Waals surface area (Å²) in [5, 5.41) is 4.44. The van der Waals surface area contributed by atoms with E-state index in [1.54, 1.807) is 0 Å². The number of aryl methyl sites for hydroxylation is 1. The minimum Gasteiger partial charge on any atom is -0.375 e. The summed E-state index contributed by atoms with van der Waals surface area (Å²) in [6, 6.07) is 6.75. The highest BCUT2D eigenvalue weighted by molar-refractivity contribution is 6.31. The van der Waals surface area contributed by atoms with Crippen LogP contribution in [0.25, 0.3) is 0 Å². The van der Waals surface area contributed by atoms with Gasteiger partial charge in [0.15, 0.2) is 0 Å². The summed E-state index contributed by atoms with van der Waals surface area (Å²) >= 11 is 6.24. The van der Waals surface area contributed by atoms with Gasteiger partial charge in [0, 0.05) is 24.2 Å². The number of hydrogen-bond acceptors (Lipinski definition) is 2. The molecule has 1 aromatic rings. The molecule has 1 fully saturated rings. The standard InChI is InChI=1S/C15H22ClNO/c1-11-4-5-12(14(16)8-11)10-17-13-6-7-18-15(2,3)9-13/h4-5,8,13,17H,6-7,9-10H2,1-3H3. The lowest BCUT2D eigenvalue weighted by Gasteiger charge is -2.36. The average molecular weight is 268 g/mol. The van der Waals surface area contributed by atoms with Crippen LogP contribution < -0.4 is 5.32 Å². The van der Waals surface area contributed by atoms with Crippen LogP contribution in [0.1, 0.15) is 37.8 Å². The van der Waals surface area contributed by atoms with Gasteiger partial charge in [-0.05, 0) is 50.8 Å². The van der Waals surface area contributed by atoms with Crippen molar-refractivity contribution in [3.63, 3.8) is 0 Å². The van der Waals surface area contributed by atoms with Crippen molar-refractivity contribution < 1.29 is 4.74 Å². The number of hydrogen-bond donors (Lipinski definition) is 1. The van der Waals surface area contributed by atoms with Crippen LogP contribution in [0.5, 0.6) is 0 Å². The van der Waals surface area contributed by atoms with Crippen LogP contribution in [0.4, 0.5) is 0 Å². The SMILES string of the molecule is Cc1ccc(CNC2CCOC(C)(C)C2)c(Cl)c1. The van der Waals surface area contributed by atoms with E-state index in [1.165, 1.54) is 11.1 Å². The van der Waals surface area contributed by atoms with E-state index >= 15 is 0 Å². The third-order valence-electron chi connectivity index (χ3n) is 3.49. The first-order valence-corrected chi connectivity index (χ1v) is 6.96. The molecular formula is C15H22ClNO. The fourth-order valence-electron chi connectivity index (χ4n) is 2.46.